The molecule has 10 heteroatoms. The molecule has 0 aliphatic heterocycles. The Morgan fingerprint density at radius 1 is 1.12 bits per heavy atom. The summed E-state index contributed by atoms with van der Waals surface area (Å²) in [5, 5.41) is 5.57. The standard InChI is InChI=1S/C23H22BrF2N3O3.ClH/c1-14-9-20(32-13-16-5-6-17(25)10-19(16)26)22(24)23(31)29(14)18-7-3-15(4-8-18)11-28-21(30)12-27-2;/h3-10,27H,11-13H2,1-2H3,(H,28,30);1H. The summed E-state index contributed by atoms with van der Waals surface area (Å²) in [7, 11) is 1.70. The van der Waals surface area contributed by atoms with Crippen molar-refractivity contribution in [3.63, 3.8) is 0 Å². The van der Waals surface area contributed by atoms with Gasteiger partial charge in [-0.3, -0.25) is 14.2 Å². The molecule has 33 heavy (non-hydrogen) atoms. The molecule has 0 atom stereocenters. The van der Waals surface area contributed by atoms with Crippen LogP contribution < -0.4 is 20.9 Å². The lowest BCUT2D eigenvalue weighted by Crippen LogP contribution is -2.31. The van der Waals surface area contributed by atoms with E-state index in [4.69, 9.17) is 4.74 Å². The first-order valence-corrected chi connectivity index (χ1v) is 10.6. The van der Waals surface area contributed by atoms with Crippen molar-refractivity contribution in [3.05, 3.63) is 91.8 Å². The summed E-state index contributed by atoms with van der Waals surface area (Å²) < 4.78 is 34.2. The topological polar surface area (TPSA) is 72.4 Å². The molecule has 1 heterocycles. The molecule has 0 bridgehead atoms. The minimum atomic E-state index is -0.714. The van der Waals surface area contributed by atoms with Crippen LogP contribution in [0, 0.1) is 18.6 Å². The molecule has 2 N–H and O–H groups in total. The number of nitrogens with zero attached hydrogens (tertiary/aromatic N) is 1. The molecule has 0 aliphatic carbocycles. The first-order chi connectivity index (χ1) is 15.3. The van der Waals surface area contributed by atoms with E-state index < -0.39 is 11.6 Å². The van der Waals surface area contributed by atoms with E-state index in [0.717, 1.165) is 17.7 Å². The summed E-state index contributed by atoms with van der Waals surface area (Å²) in [6.07, 6.45) is 0. The van der Waals surface area contributed by atoms with Gasteiger partial charge in [-0.1, -0.05) is 12.1 Å². The Bertz CT molecular complexity index is 1190. The Hall–Kier alpha value is -2.75. The number of hydrogen-bond donors (Lipinski definition) is 2. The third kappa shape index (κ3) is 6.63. The number of benzene rings is 2. The van der Waals surface area contributed by atoms with E-state index >= 15 is 0 Å². The molecule has 0 saturated heterocycles. The summed E-state index contributed by atoms with van der Waals surface area (Å²) in [5.41, 5.74) is 1.99. The predicted molar refractivity (Wildman–Crippen MR) is 128 cm³/mol. The van der Waals surface area contributed by atoms with Crippen molar-refractivity contribution in [1.29, 1.82) is 0 Å². The maximum absolute atomic E-state index is 13.8. The maximum atomic E-state index is 13.8. The van der Waals surface area contributed by atoms with E-state index in [1.165, 1.54) is 10.6 Å². The highest BCUT2D eigenvalue weighted by Crippen LogP contribution is 2.25. The highest BCUT2D eigenvalue weighted by Gasteiger charge is 2.14. The molecule has 3 rings (SSSR count). The molecule has 6 nitrogen and oxygen atoms in total. The number of aromatic nitrogens is 1. The van der Waals surface area contributed by atoms with E-state index in [-0.39, 0.29) is 52.8 Å². The molecule has 0 radical (unpaired) electrons. The number of pyridine rings is 1. The van der Waals surface area contributed by atoms with Crippen LogP contribution in [-0.4, -0.2) is 24.1 Å². The van der Waals surface area contributed by atoms with E-state index in [1.807, 2.05) is 12.1 Å². The Labute approximate surface area is 204 Å². The van der Waals surface area contributed by atoms with E-state index in [9.17, 15) is 18.4 Å². The van der Waals surface area contributed by atoms with Crippen molar-refractivity contribution in [3.8, 4) is 11.4 Å². The number of hydrogen-bond acceptors (Lipinski definition) is 4. The first kappa shape index (κ1) is 26.5. The average Bonchev–Trinajstić information content (AvgIpc) is 2.76. The zero-order chi connectivity index (χ0) is 23.3. The van der Waals surface area contributed by atoms with E-state index in [0.29, 0.717) is 17.9 Å². The third-order valence-corrected chi connectivity index (χ3v) is 5.45. The fourth-order valence-corrected chi connectivity index (χ4v) is 3.49. The highest BCUT2D eigenvalue weighted by atomic mass is 79.9. The molecule has 176 valence electrons. The fraction of sp³-hybridized carbons (Fsp3) is 0.217. The molecule has 1 amide bonds. The van der Waals surface area contributed by atoms with Gasteiger partial charge in [-0.15, -0.1) is 12.4 Å². The molecule has 0 unspecified atom stereocenters. The fourth-order valence-electron chi connectivity index (χ4n) is 3.09. The van der Waals surface area contributed by atoms with Gasteiger partial charge in [0.25, 0.3) is 5.56 Å². The zero-order valence-corrected chi connectivity index (χ0v) is 20.4. The number of carbonyl (C=O) groups excluding carboxylic acids is 1. The SMILES string of the molecule is CNCC(=O)NCc1ccc(-n2c(C)cc(OCc3ccc(F)cc3F)c(Br)c2=O)cc1.Cl. The molecular formula is C23H23BrClF2N3O3. The number of halogens is 4. The average molecular weight is 543 g/mol. The molecule has 2 aromatic carbocycles. The number of likely N-dealkylation sites (N-methyl/N-ethyl adjacent to an activating group) is 1. The van der Waals surface area contributed by atoms with Gasteiger partial charge in [0.2, 0.25) is 5.91 Å². The summed E-state index contributed by atoms with van der Waals surface area (Å²) in [5.74, 6) is -1.23. The van der Waals surface area contributed by atoms with Crippen molar-refractivity contribution in [2.45, 2.75) is 20.1 Å². The van der Waals surface area contributed by atoms with Crippen LogP contribution in [-0.2, 0) is 17.9 Å². The van der Waals surface area contributed by atoms with Gasteiger partial charge in [-0.05, 0) is 59.7 Å². The lowest BCUT2D eigenvalue weighted by molar-refractivity contribution is -0.120. The van der Waals surface area contributed by atoms with Gasteiger partial charge in [0.15, 0.2) is 0 Å². The second-order valence-corrected chi connectivity index (χ2v) is 7.90. The zero-order valence-electron chi connectivity index (χ0n) is 18.0. The van der Waals surface area contributed by atoms with Crippen molar-refractivity contribution >= 4 is 34.2 Å². The van der Waals surface area contributed by atoms with Crippen LogP contribution in [0.5, 0.6) is 5.75 Å². The second-order valence-electron chi connectivity index (χ2n) is 7.10. The van der Waals surface area contributed by atoms with Gasteiger partial charge in [0.05, 0.1) is 6.54 Å². The number of nitrogens with one attached hydrogen (secondary N) is 2. The quantitative estimate of drug-likeness (QED) is 0.451. The van der Waals surface area contributed by atoms with Crippen LogP contribution in [0.4, 0.5) is 8.78 Å². The lowest BCUT2D eigenvalue weighted by Gasteiger charge is -2.15. The number of rotatable bonds is 8. The van der Waals surface area contributed by atoms with Crippen LogP contribution in [0.2, 0.25) is 0 Å². The van der Waals surface area contributed by atoms with Gasteiger partial charge >= 0.3 is 0 Å². The molecular weight excluding hydrogens is 520 g/mol. The molecule has 0 aliphatic rings. The Morgan fingerprint density at radius 2 is 1.82 bits per heavy atom. The summed E-state index contributed by atoms with van der Waals surface area (Å²) in [6, 6.07) is 12.1. The second kappa shape index (κ2) is 11.9. The molecule has 0 fully saturated rings. The van der Waals surface area contributed by atoms with Gasteiger partial charge < -0.3 is 15.4 Å². The predicted octanol–water partition coefficient (Wildman–Crippen LogP) is 4.02. The largest absolute Gasteiger partial charge is 0.487 e. The molecule has 0 saturated carbocycles. The maximum Gasteiger partial charge on any atom is 0.273 e. The van der Waals surface area contributed by atoms with Gasteiger partial charge in [0.1, 0.15) is 28.5 Å². The van der Waals surface area contributed by atoms with Crippen LogP contribution in [0.15, 0.2) is 57.8 Å². The Balaban J connectivity index is 0.00000385. The Kier molecular flexibility index (Phi) is 9.57. The van der Waals surface area contributed by atoms with Crippen LogP contribution >= 0.6 is 28.3 Å². The normalized spacial score (nSPS) is 10.5. The van der Waals surface area contributed by atoms with Crippen LogP contribution in [0.3, 0.4) is 0 Å². The van der Waals surface area contributed by atoms with Gasteiger partial charge in [-0.25, -0.2) is 8.78 Å². The minimum absolute atomic E-state index is 0. The summed E-state index contributed by atoms with van der Waals surface area (Å²) in [6.45, 7) is 2.22. The van der Waals surface area contributed by atoms with Crippen LogP contribution in [0.25, 0.3) is 5.69 Å². The lowest BCUT2D eigenvalue weighted by atomic mass is 10.2. The number of aryl methyl sites for hydroxylation is 1. The minimum Gasteiger partial charge on any atom is -0.487 e. The first-order valence-electron chi connectivity index (χ1n) is 9.79. The van der Waals surface area contributed by atoms with Crippen LogP contribution in [0.1, 0.15) is 16.8 Å². The van der Waals surface area contributed by atoms with E-state index in [1.54, 1.807) is 32.2 Å². The molecule has 0 spiro atoms. The Morgan fingerprint density at radius 3 is 2.45 bits per heavy atom. The number of ether oxygens (including phenoxy) is 1. The highest BCUT2D eigenvalue weighted by molar-refractivity contribution is 9.10. The van der Waals surface area contributed by atoms with Crippen molar-refractivity contribution in [1.82, 2.24) is 15.2 Å². The van der Waals surface area contributed by atoms with Crippen molar-refractivity contribution < 1.29 is 18.3 Å². The smallest absolute Gasteiger partial charge is 0.273 e. The van der Waals surface area contributed by atoms with Crippen molar-refractivity contribution in [2.75, 3.05) is 13.6 Å². The van der Waals surface area contributed by atoms with E-state index in [2.05, 4.69) is 26.6 Å². The third-order valence-electron chi connectivity index (χ3n) is 4.72. The summed E-state index contributed by atoms with van der Waals surface area (Å²) >= 11 is 3.27. The molecule has 3 aromatic rings. The molecule has 1 aromatic heterocycles. The number of carbonyl (C=O) groups is 1. The van der Waals surface area contributed by atoms with Crippen molar-refractivity contribution in [2.24, 2.45) is 0 Å². The monoisotopic (exact) mass is 541 g/mol. The summed E-state index contributed by atoms with van der Waals surface area (Å²) in [4.78, 5) is 24.5. The van der Waals surface area contributed by atoms with Gasteiger partial charge in [-0.2, -0.15) is 0 Å². The van der Waals surface area contributed by atoms with Gasteiger partial charge in [0, 0.05) is 35.6 Å². The number of amides is 1.